The molecule has 2 heterocycles. The Morgan fingerprint density at radius 3 is 2.85 bits per heavy atom. The van der Waals surface area contributed by atoms with Crippen LogP contribution in [0.15, 0.2) is 35.5 Å². The van der Waals surface area contributed by atoms with Crippen molar-refractivity contribution in [1.82, 2.24) is 14.5 Å². The number of benzene rings is 1. The molecule has 0 spiro atoms. The Balaban J connectivity index is 2.22. The number of primary sulfonamides is 1. The number of nitriles is 1. The number of hydrogen-bond acceptors (Lipinski definition) is 7. The number of hydrogen-bond donors (Lipinski definition) is 1. The summed E-state index contributed by atoms with van der Waals surface area (Å²) in [5.41, 5.74) is 0.453. The van der Waals surface area contributed by atoms with E-state index in [-0.39, 0.29) is 29.1 Å². The molecule has 0 bridgehead atoms. The van der Waals surface area contributed by atoms with E-state index in [2.05, 4.69) is 9.97 Å². The lowest BCUT2D eigenvalue weighted by atomic mass is 10.2. The van der Waals surface area contributed by atoms with Crippen LogP contribution in [-0.4, -0.2) is 36.7 Å². The second kappa shape index (κ2) is 6.80. The van der Waals surface area contributed by atoms with Gasteiger partial charge in [0, 0.05) is 16.6 Å². The van der Waals surface area contributed by atoms with Crippen LogP contribution >= 0.6 is 11.6 Å². The third kappa shape index (κ3) is 3.28. The highest BCUT2D eigenvalue weighted by Gasteiger charge is 2.20. The first-order chi connectivity index (χ1) is 12.3. The van der Waals surface area contributed by atoms with Gasteiger partial charge in [0.05, 0.1) is 18.8 Å². The average molecular weight is 394 g/mol. The Labute approximate surface area is 153 Å². The van der Waals surface area contributed by atoms with E-state index < -0.39 is 10.0 Å². The third-order valence-electron chi connectivity index (χ3n) is 3.45. The molecule has 3 rings (SSSR count). The normalized spacial score (nSPS) is 11.3. The molecule has 0 aliphatic heterocycles. The SMILES string of the molecule is COc1nc(-n2cc(S(N)(=O)=O)c3ccc(Cl)cc32)ncc1OCC#N. The molecule has 0 atom stereocenters. The number of fused-ring (bicyclic) bond motifs is 1. The second-order valence-corrected chi connectivity index (χ2v) is 7.03. The van der Waals surface area contributed by atoms with Gasteiger partial charge in [0.15, 0.2) is 6.61 Å². The van der Waals surface area contributed by atoms with E-state index in [0.29, 0.717) is 15.9 Å². The lowest BCUT2D eigenvalue weighted by Crippen LogP contribution is -2.11. The third-order valence-corrected chi connectivity index (χ3v) is 4.62. The molecule has 0 saturated carbocycles. The van der Waals surface area contributed by atoms with E-state index in [1.165, 1.54) is 24.1 Å². The van der Waals surface area contributed by atoms with Gasteiger partial charge in [-0.25, -0.2) is 18.5 Å². The van der Waals surface area contributed by atoms with Crippen molar-refractivity contribution in [2.75, 3.05) is 13.7 Å². The molecule has 26 heavy (non-hydrogen) atoms. The van der Waals surface area contributed by atoms with E-state index in [9.17, 15) is 8.42 Å². The summed E-state index contributed by atoms with van der Waals surface area (Å²) < 4.78 is 35.5. The smallest absolute Gasteiger partial charge is 0.261 e. The van der Waals surface area contributed by atoms with Crippen LogP contribution in [0.4, 0.5) is 0 Å². The molecule has 0 unspecified atom stereocenters. The monoisotopic (exact) mass is 393 g/mol. The molecule has 2 aromatic heterocycles. The molecule has 3 aromatic rings. The molecule has 11 heteroatoms. The fourth-order valence-electron chi connectivity index (χ4n) is 2.38. The summed E-state index contributed by atoms with van der Waals surface area (Å²) in [7, 11) is -2.60. The maximum Gasteiger partial charge on any atom is 0.261 e. The minimum absolute atomic E-state index is 0.0865. The molecule has 2 N–H and O–H groups in total. The van der Waals surface area contributed by atoms with Crippen molar-refractivity contribution in [3.05, 3.63) is 35.6 Å². The van der Waals surface area contributed by atoms with Crippen molar-refractivity contribution in [2.24, 2.45) is 5.14 Å². The fourth-order valence-corrected chi connectivity index (χ4v) is 3.28. The van der Waals surface area contributed by atoms with Gasteiger partial charge in [0.2, 0.25) is 21.7 Å². The zero-order valence-corrected chi connectivity index (χ0v) is 15.0. The van der Waals surface area contributed by atoms with Crippen molar-refractivity contribution in [3.8, 4) is 23.6 Å². The summed E-state index contributed by atoms with van der Waals surface area (Å²) >= 11 is 6.03. The van der Waals surface area contributed by atoms with Gasteiger partial charge in [-0.3, -0.25) is 4.57 Å². The van der Waals surface area contributed by atoms with Crippen molar-refractivity contribution >= 4 is 32.5 Å². The summed E-state index contributed by atoms with van der Waals surface area (Å²) in [6, 6.07) is 6.51. The molecule has 1 aromatic carbocycles. The van der Waals surface area contributed by atoms with Crippen LogP contribution in [0.2, 0.25) is 5.02 Å². The van der Waals surface area contributed by atoms with E-state index >= 15 is 0 Å². The molecule has 134 valence electrons. The minimum Gasteiger partial charge on any atom is -0.478 e. The van der Waals surface area contributed by atoms with Gasteiger partial charge < -0.3 is 9.47 Å². The highest BCUT2D eigenvalue weighted by atomic mass is 35.5. The molecular weight excluding hydrogens is 382 g/mol. The Morgan fingerprint density at radius 2 is 2.19 bits per heavy atom. The van der Waals surface area contributed by atoms with E-state index in [0.717, 1.165) is 0 Å². The van der Waals surface area contributed by atoms with E-state index in [4.69, 9.17) is 31.5 Å². The molecule has 0 aliphatic rings. The van der Waals surface area contributed by atoms with E-state index in [1.807, 2.05) is 6.07 Å². The lowest BCUT2D eigenvalue weighted by molar-refractivity contribution is 0.318. The Kier molecular flexibility index (Phi) is 4.69. The molecule has 0 radical (unpaired) electrons. The van der Waals surface area contributed by atoms with Crippen LogP contribution in [0.1, 0.15) is 0 Å². The number of rotatable bonds is 5. The summed E-state index contributed by atoms with van der Waals surface area (Å²) in [6.07, 6.45) is 2.63. The summed E-state index contributed by atoms with van der Waals surface area (Å²) in [6.45, 7) is -0.198. The van der Waals surface area contributed by atoms with Crippen LogP contribution in [0.5, 0.6) is 11.6 Å². The fraction of sp³-hybridized carbons (Fsp3) is 0.133. The molecule has 9 nitrogen and oxygen atoms in total. The van der Waals surface area contributed by atoms with Crippen LogP contribution in [0.3, 0.4) is 0 Å². The van der Waals surface area contributed by atoms with E-state index in [1.54, 1.807) is 18.2 Å². The highest BCUT2D eigenvalue weighted by molar-refractivity contribution is 7.89. The standard InChI is InChI=1S/C15H12ClN5O4S/c1-24-14-12(25-5-4-17)7-19-15(20-14)21-8-13(26(18,22)23)10-3-2-9(16)6-11(10)21/h2-3,6-8H,5H2,1H3,(H2,18,22,23). The predicted octanol–water partition coefficient (Wildman–Crippen LogP) is 1.63. The van der Waals surface area contributed by atoms with Gasteiger partial charge in [0.25, 0.3) is 5.88 Å². The van der Waals surface area contributed by atoms with Crippen molar-refractivity contribution < 1.29 is 17.9 Å². The molecular formula is C15H12ClN5O4S. The van der Waals surface area contributed by atoms with Crippen LogP contribution < -0.4 is 14.6 Å². The van der Waals surface area contributed by atoms with Gasteiger partial charge in [-0.2, -0.15) is 10.2 Å². The Morgan fingerprint density at radius 1 is 1.42 bits per heavy atom. The van der Waals surface area contributed by atoms with Gasteiger partial charge in [-0.15, -0.1) is 0 Å². The number of nitrogens with two attached hydrogens (primary N) is 1. The maximum absolute atomic E-state index is 11.9. The molecule has 0 amide bonds. The summed E-state index contributed by atoms with van der Waals surface area (Å²) in [4.78, 5) is 8.26. The van der Waals surface area contributed by atoms with Gasteiger partial charge in [-0.1, -0.05) is 11.6 Å². The largest absolute Gasteiger partial charge is 0.478 e. The van der Waals surface area contributed by atoms with Gasteiger partial charge >= 0.3 is 0 Å². The number of methoxy groups -OCH3 is 1. The topological polar surface area (TPSA) is 133 Å². The van der Waals surface area contributed by atoms with Crippen LogP contribution in [-0.2, 0) is 10.0 Å². The number of sulfonamides is 1. The van der Waals surface area contributed by atoms with Gasteiger partial charge in [-0.05, 0) is 18.2 Å². The number of halogens is 1. The summed E-state index contributed by atoms with van der Waals surface area (Å²) in [5, 5.41) is 14.7. The maximum atomic E-state index is 11.9. The molecule has 0 fully saturated rings. The minimum atomic E-state index is -3.98. The Bertz CT molecular complexity index is 1140. The first kappa shape index (κ1) is 17.9. The van der Waals surface area contributed by atoms with Gasteiger partial charge in [0.1, 0.15) is 11.0 Å². The quantitative estimate of drug-likeness (QED) is 0.696. The molecule has 0 saturated heterocycles. The van der Waals surface area contributed by atoms with Crippen molar-refractivity contribution in [3.63, 3.8) is 0 Å². The van der Waals surface area contributed by atoms with Crippen LogP contribution in [0.25, 0.3) is 16.9 Å². The number of ether oxygens (including phenoxy) is 2. The number of aromatic nitrogens is 3. The first-order valence-corrected chi connectivity index (χ1v) is 9.02. The zero-order chi connectivity index (χ0) is 18.9. The zero-order valence-electron chi connectivity index (χ0n) is 13.4. The van der Waals surface area contributed by atoms with Crippen molar-refractivity contribution in [1.29, 1.82) is 5.26 Å². The Hall–Kier alpha value is -2.87. The lowest BCUT2D eigenvalue weighted by Gasteiger charge is -2.09. The number of nitrogens with zero attached hydrogens (tertiary/aromatic N) is 4. The molecule has 0 aliphatic carbocycles. The second-order valence-electron chi connectivity index (χ2n) is 5.06. The first-order valence-electron chi connectivity index (χ1n) is 7.09. The predicted molar refractivity (Wildman–Crippen MR) is 92.9 cm³/mol. The highest BCUT2D eigenvalue weighted by Crippen LogP contribution is 2.30. The van der Waals surface area contributed by atoms with Crippen LogP contribution in [0, 0.1) is 11.3 Å². The van der Waals surface area contributed by atoms with Crippen molar-refractivity contribution in [2.45, 2.75) is 4.90 Å². The average Bonchev–Trinajstić information content (AvgIpc) is 2.98. The summed E-state index contributed by atoms with van der Waals surface area (Å²) in [5.74, 6) is 0.388.